The molecule has 0 saturated heterocycles. The number of thiophene rings is 1. The molecule has 3 rings (SSSR count). The van der Waals surface area contributed by atoms with Crippen LogP contribution in [0.1, 0.15) is 10.4 Å². The topological polar surface area (TPSA) is 49.8 Å². The molecular formula is C18H18Cl2N4S. The minimum absolute atomic E-state index is 0.604. The molecule has 4 nitrogen and oxygen atoms in total. The molecule has 0 saturated carbocycles. The molecule has 3 aromatic rings. The Morgan fingerprint density at radius 3 is 2.84 bits per heavy atom. The highest BCUT2D eigenvalue weighted by molar-refractivity contribution is 7.15. The van der Waals surface area contributed by atoms with Gasteiger partial charge in [0, 0.05) is 24.7 Å². The average Bonchev–Trinajstić information content (AvgIpc) is 3.11. The number of aromatic nitrogens is 2. The second-order valence-corrected chi connectivity index (χ2v) is 7.37. The molecule has 2 N–H and O–H groups in total. The molecule has 2 aromatic heterocycles. The van der Waals surface area contributed by atoms with E-state index < -0.39 is 0 Å². The first-order valence-corrected chi connectivity index (χ1v) is 9.48. The molecular weight excluding hydrogens is 375 g/mol. The summed E-state index contributed by atoms with van der Waals surface area (Å²) >= 11 is 14.0. The summed E-state index contributed by atoms with van der Waals surface area (Å²) in [6.45, 7) is 1.65. The fourth-order valence-corrected chi connectivity index (χ4v) is 3.76. The van der Waals surface area contributed by atoms with Gasteiger partial charge in [0.15, 0.2) is 0 Å². The lowest BCUT2D eigenvalue weighted by Gasteiger charge is -2.06. The van der Waals surface area contributed by atoms with Gasteiger partial charge in [0.25, 0.3) is 0 Å². The van der Waals surface area contributed by atoms with Crippen molar-refractivity contribution in [3.63, 3.8) is 0 Å². The van der Waals surface area contributed by atoms with Crippen LogP contribution in [0.2, 0.25) is 10.0 Å². The van der Waals surface area contributed by atoms with Gasteiger partial charge in [-0.25, -0.2) is 9.97 Å². The summed E-state index contributed by atoms with van der Waals surface area (Å²) in [5.41, 5.74) is 2.00. The molecule has 7 heteroatoms. The van der Waals surface area contributed by atoms with E-state index in [0.717, 1.165) is 35.6 Å². The lowest BCUT2D eigenvalue weighted by molar-refractivity contribution is 0.694. The SMILES string of the molecule is CNc1nccc(-c2ccc(CNCCc3cccc(Cl)c3Cl)s2)n1. The molecule has 130 valence electrons. The Morgan fingerprint density at radius 1 is 1.12 bits per heavy atom. The Morgan fingerprint density at radius 2 is 2.00 bits per heavy atom. The van der Waals surface area contributed by atoms with Gasteiger partial charge in [-0.1, -0.05) is 35.3 Å². The Kier molecular flexibility index (Phi) is 6.26. The summed E-state index contributed by atoms with van der Waals surface area (Å²) in [7, 11) is 1.81. The van der Waals surface area contributed by atoms with E-state index in [2.05, 4.69) is 32.7 Å². The molecule has 0 unspecified atom stereocenters. The molecule has 25 heavy (non-hydrogen) atoms. The number of halogens is 2. The molecule has 1 aromatic carbocycles. The molecule has 0 aliphatic carbocycles. The van der Waals surface area contributed by atoms with Gasteiger partial charge in [-0.05, 0) is 42.8 Å². The van der Waals surface area contributed by atoms with Crippen LogP contribution in [0.25, 0.3) is 10.6 Å². The zero-order valence-electron chi connectivity index (χ0n) is 13.7. The van der Waals surface area contributed by atoms with E-state index in [1.165, 1.54) is 4.88 Å². The van der Waals surface area contributed by atoms with Crippen molar-refractivity contribution < 1.29 is 0 Å². The third-order valence-corrected chi connectivity index (χ3v) is 5.66. The highest BCUT2D eigenvalue weighted by Gasteiger charge is 2.06. The van der Waals surface area contributed by atoms with Gasteiger partial charge in [0.1, 0.15) is 0 Å². The second kappa shape index (κ2) is 8.63. The highest BCUT2D eigenvalue weighted by Crippen LogP contribution is 2.27. The third kappa shape index (κ3) is 4.70. The molecule has 0 aliphatic rings. The molecule has 0 fully saturated rings. The van der Waals surface area contributed by atoms with E-state index in [-0.39, 0.29) is 0 Å². The number of rotatable bonds is 7. The van der Waals surface area contributed by atoms with Crippen molar-refractivity contribution in [2.45, 2.75) is 13.0 Å². The van der Waals surface area contributed by atoms with Gasteiger partial charge in [0.05, 0.1) is 20.6 Å². The molecule has 2 heterocycles. The largest absolute Gasteiger partial charge is 0.357 e. The maximum absolute atomic E-state index is 6.21. The summed E-state index contributed by atoms with van der Waals surface area (Å²) in [5, 5.41) is 7.66. The predicted octanol–water partition coefficient (Wildman–Crippen LogP) is 4.89. The lowest BCUT2D eigenvalue weighted by atomic mass is 10.1. The van der Waals surface area contributed by atoms with Gasteiger partial charge < -0.3 is 10.6 Å². The van der Waals surface area contributed by atoms with Crippen molar-refractivity contribution in [3.05, 3.63) is 63.1 Å². The van der Waals surface area contributed by atoms with Gasteiger partial charge in [-0.2, -0.15) is 0 Å². The number of hydrogen-bond acceptors (Lipinski definition) is 5. The van der Waals surface area contributed by atoms with Crippen LogP contribution < -0.4 is 10.6 Å². The van der Waals surface area contributed by atoms with Crippen LogP contribution in [0.15, 0.2) is 42.6 Å². The van der Waals surface area contributed by atoms with Gasteiger partial charge in [-0.15, -0.1) is 11.3 Å². The molecule has 0 spiro atoms. The van der Waals surface area contributed by atoms with Crippen LogP contribution >= 0.6 is 34.5 Å². The van der Waals surface area contributed by atoms with Gasteiger partial charge >= 0.3 is 0 Å². The number of anilines is 1. The Hall–Kier alpha value is -1.66. The molecule has 0 aliphatic heterocycles. The zero-order valence-corrected chi connectivity index (χ0v) is 16.0. The van der Waals surface area contributed by atoms with Crippen LogP contribution in [0.5, 0.6) is 0 Å². The van der Waals surface area contributed by atoms with E-state index in [1.807, 2.05) is 25.2 Å². The quantitative estimate of drug-likeness (QED) is 0.562. The fraction of sp³-hybridized carbons (Fsp3) is 0.222. The van der Waals surface area contributed by atoms with E-state index in [1.54, 1.807) is 23.6 Å². The first-order valence-electron chi connectivity index (χ1n) is 7.91. The monoisotopic (exact) mass is 392 g/mol. The van der Waals surface area contributed by atoms with Crippen molar-refractivity contribution in [1.29, 1.82) is 0 Å². The van der Waals surface area contributed by atoms with Crippen molar-refractivity contribution in [1.82, 2.24) is 15.3 Å². The Bertz CT molecular complexity index is 851. The molecule has 0 atom stereocenters. The molecule has 0 amide bonds. The first-order chi connectivity index (χ1) is 12.2. The van der Waals surface area contributed by atoms with E-state index in [4.69, 9.17) is 23.2 Å². The third-order valence-electron chi connectivity index (χ3n) is 3.70. The van der Waals surface area contributed by atoms with Crippen LogP contribution in [0.4, 0.5) is 5.95 Å². The maximum Gasteiger partial charge on any atom is 0.222 e. The predicted molar refractivity (Wildman–Crippen MR) is 107 cm³/mol. The summed E-state index contributed by atoms with van der Waals surface area (Å²) in [6, 6.07) is 11.9. The lowest BCUT2D eigenvalue weighted by Crippen LogP contribution is -2.16. The van der Waals surface area contributed by atoms with Gasteiger partial charge in [-0.3, -0.25) is 0 Å². The highest BCUT2D eigenvalue weighted by atomic mass is 35.5. The average molecular weight is 393 g/mol. The minimum atomic E-state index is 0.604. The zero-order chi connectivity index (χ0) is 17.6. The van der Waals surface area contributed by atoms with Crippen molar-refractivity contribution >= 4 is 40.5 Å². The first kappa shape index (κ1) is 18.1. The summed E-state index contributed by atoms with van der Waals surface area (Å²) < 4.78 is 0. The second-order valence-electron chi connectivity index (χ2n) is 5.42. The Labute approximate surface area is 161 Å². The minimum Gasteiger partial charge on any atom is -0.357 e. The summed E-state index contributed by atoms with van der Waals surface area (Å²) in [4.78, 5) is 11.0. The Balaban J connectivity index is 1.54. The smallest absolute Gasteiger partial charge is 0.222 e. The van der Waals surface area contributed by atoms with E-state index in [9.17, 15) is 0 Å². The van der Waals surface area contributed by atoms with E-state index >= 15 is 0 Å². The van der Waals surface area contributed by atoms with Gasteiger partial charge in [0.2, 0.25) is 5.95 Å². The number of nitrogens with zero attached hydrogens (tertiary/aromatic N) is 2. The number of hydrogen-bond donors (Lipinski definition) is 2. The van der Waals surface area contributed by atoms with Crippen LogP contribution in [0.3, 0.4) is 0 Å². The molecule has 0 bridgehead atoms. The fourth-order valence-electron chi connectivity index (χ4n) is 2.40. The van der Waals surface area contributed by atoms with E-state index in [0.29, 0.717) is 16.0 Å². The van der Waals surface area contributed by atoms with Crippen molar-refractivity contribution in [3.8, 4) is 10.6 Å². The number of nitrogens with one attached hydrogen (secondary N) is 2. The number of benzene rings is 1. The van der Waals surface area contributed by atoms with Crippen LogP contribution in [0, 0.1) is 0 Å². The van der Waals surface area contributed by atoms with Crippen molar-refractivity contribution in [2.24, 2.45) is 0 Å². The van der Waals surface area contributed by atoms with Crippen molar-refractivity contribution in [2.75, 3.05) is 18.9 Å². The standard InChI is InChI=1S/C18H18Cl2N4S/c1-21-18-23-10-8-15(24-18)16-6-5-13(25-16)11-22-9-7-12-3-2-4-14(19)17(12)20/h2-6,8,10,22H,7,9,11H2,1H3,(H,21,23,24). The summed E-state index contributed by atoms with van der Waals surface area (Å²) in [5.74, 6) is 0.629. The normalized spacial score (nSPS) is 10.8. The molecule has 0 radical (unpaired) electrons. The van der Waals surface area contributed by atoms with Crippen LogP contribution in [-0.2, 0) is 13.0 Å². The maximum atomic E-state index is 6.21. The van der Waals surface area contributed by atoms with Crippen LogP contribution in [-0.4, -0.2) is 23.6 Å². The summed E-state index contributed by atoms with van der Waals surface area (Å²) in [6.07, 6.45) is 2.61.